The summed E-state index contributed by atoms with van der Waals surface area (Å²) in [4.78, 5) is 3.14. The highest BCUT2D eigenvalue weighted by Crippen LogP contribution is 2.22. The van der Waals surface area contributed by atoms with E-state index in [1.807, 2.05) is 6.20 Å². The molecule has 1 aromatic rings. The molecule has 0 bridgehead atoms. The molecule has 0 saturated carbocycles. The van der Waals surface area contributed by atoms with Gasteiger partial charge in [0.15, 0.2) is 0 Å². The van der Waals surface area contributed by atoms with Crippen molar-refractivity contribution in [3.05, 3.63) is 21.9 Å². The summed E-state index contributed by atoms with van der Waals surface area (Å²) in [6, 6.07) is 0. The third kappa shape index (κ3) is 1.38. The van der Waals surface area contributed by atoms with Crippen molar-refractivity contribution in [2.75, 3.05) is 0 Å². The predicted molar refractivity (Wildman–Crippen MR) is 47.4 cm³/mol. The summed E-state index contributed by atoms with van der Waals surface area (Å²) in [7, 11) is 0. The van der Waals surface area contributed by atoms with Crippen LogP contribution in [-0.4, -0.2) is 4.98 Å². The SMILES string of the molecule is CCc1[nH]cc(Br)c1CCl. The first-order chi connectivity index (χ1) is 4.79. The summed E-state index contributed by atoms with van der Waals surface area (Å²) in [6.07, 6.45) is 2.93. The minimum atomic E-state index is 0.577. The van der Waals surface area contributed by atoms with Crippen LogP contribution in [0.5, 0.6) is 0 Å². The quantitative estimate of drug-likeness (QED) is 0.740. The van der Waals surface area contributed by atoms with Gasteiger partial charge < -0.3 is 4.98 Å². The molecule has 0 aliphatic carbocycles. The lowest BCUT2D eigenvalue weighted by Gasteiger charge is -1.95. The lowest BCUT2D eigenvalue weighted by atomic mass is 10.2. The van der Waals surface area contributed by atoms with Gasteiger partial charge in [-0.05, 0) is 22.4 Å². The first-order valence-corrected chi connectivity index (χ1v) is 4.53. The van der Waals surface area contributed by atoms with E-state index in [0.717, 1.165) is 10.9 Å². The zero-order valence-electron chi connectivity index (χ0n) is 5.75. The zero-order valence-corrected chi connectivity index (χ0v) is 8.09. The molecule has 0 amide bonds. The van der Waals surface area contributed by atoms with Gasteiger partial charge in [-0.25, -0.2) is 0 Å². The van der Waals surface area contributed by atoms with Crippen molar-refractivity contribution >= 4 is 27.5 Å². The van der Waals surface area contributed by atoms with Gasteiger partial charge in [0.05, 0.1) is 5.88 Å². The number of aromatic nitrogens is 1. The van der Waals surface area contributed by atoms with Crippen LogP contribution in [0.2, 0.25) is 0 Å². The number of aromatic amines is 1. The molecule has 0 unspecified atom stereocenters. The molecule has 1 aromatic heterocycles. The minimum absolute atomic E-state index is 0.577. The number of hydrogen-bond acceptors (Lipinski definition) is 0. The van der Waals surface area contributed by atoms with Gasteiger partial charge in [0, 0.05) is 21.9 Å². The Kier molecular flexibility index (Phi) is 2.81. The van der Waals surface area contributed by atoms with Gasteiger partial charge in [-0.3, -0.25) is 0 Å². The van der Waals surface area contributed by atoms with Crippen molar-refractivity contribution in [3.63, 3.8) is 0 Å². The Labute approximate surface area is 73.9 Å². The molecular weight excluding hydrogens is 213 g/mol. The third-order valence-electron chi connectivity index (χ3n) is 1.51. The Morgan fingerprint density at radius 2 is 2.40 bits per heavy atom. The Bertz CT molecular complexity index is 219. The summed E-state index contributed by atoms with van der Waals surface area (Å²) in [5.74, 6) is 0.577. The Balaban J connectivity index is 3.01. The van der Waals surface area contributed by atoms with Crippen molar-refractivity contribution < 1.29 is 0 Å². The molecule has 56 valence electrons. The fraction of sp³-hybridized carbons (Fsp3) is 0.429. The summed E-state index contributed by atoms with van der Waals surface area (Å²) in [5.41, 5.74) is 2.41. The van der Waals surface area contributed by atoms with E-state index in [1.54, 1.807) is 0 Å². The van der Waals surface area contributed by atoms with Gasteiger partial charge in [-0.15, -0.1) is 11.6 Å². The number of nitrogens with one attached hydrogen (secondary N) is 1. The molecule has 0 atom stereocenters. The van der Waals surface area contributed by atoms with Crippen LogP contribution >= 0.6 is 27.5 Å². The molecule has 1 rings (SSSR count). The number of rotatable bonds is 2. The van der Waals surface area contributed by atoms with Gasteiger partial charge in [-0.1, -0.05) is 6.92 Å². The summed E-state index contributed by atoms with van der Waals surface area (Å²) in [5, 5.41) is 0. The first-order valence-electron chi connectivity index (χ1n) is 3.20. The third-order valence-corrected chi connectivity index (χ3v) is 2.49. The molecule has 1 nitrogen and oxygen atoms in total. The molecule has 10 heavy (non-hydrogen) atoms. The molecule has 0 saturated heterocycles. The van der Waals surface area contributed by atoms with Gasteiger partial charge >= 0.3 is 0 Å². The highest BCUT2D eigenvalue weighted by Gasteiger charge is 2.04. The fourth-order valence-electron chi connectivity index (χ4n) is 0.929. The second kappa shape index (κ2) is 3.44. The van der Waals surface area contributed by atoms with Crippen LogP contribution in [-0.2, 0) is 12.3 Å². The van der Waals surface area contributed by atoms with E-state index in [0.29, 0.717) is 5.88 Å². The van der Waals surface area contributed by atoms with Crippen LogP contribution in [0.3, 0.4) is 0 Å². The Morgan fingerprint density at radius 3 is 2.80 bits per heavy atom. The molecule has 0 aromatic carbocycles. The van der Waals surface area contributed by atoms with Crippen LogP contribution in [0, 0.1) is 0 Å². The number of halogens is 2. The molecule has 1 N–H and O–H groups in total. The van der Waals surface area contributed by atoms with Crippen LogP contribution in [0.25, 0.3) is 0 Å². The van der Waals surface area contributed by atoms with Crippen molar-refractivity contribution in [2.45, 2.75) is 19.2 Å². The topological polar surface area (TPSA) is 15.8 Å². The van der Waals surface area contributed by atoms with Gasteiger partial charge in [-0.2, -0.15) is 0 Å². The number of alkyl halides is 1. The highest BCUT2D eigenvalue weighted by atomic mass is 79.9. The molecule has 3 heteroatoms. The molecule has 0 spiro atoms. The van der Waals surface area contributed by atoms with Crippen LogP contribution in [0.15, 0.2) is 10.7 Å². The van der Waals surface area contributed by atoms with E-state index < -0.39 is 0 Å². The minimum Gasteiger partial charge on any atom is -0.364 e. The summed E-state index contributed by atoms with van der Waals surface area (Å²) < 4.78 is 1.08. The molecule has 0 aliphatic rings. The van der Waals surface area contributed by atoms with Gasteiger partial charge in [0.1, 0.15) is 0 Å². The van der Waals surface area contributed by atoms with E-state index in [4.69, 9.17) is 11.6 Å². The Hall–Kier alpha value is 0.0500. The number of aryl methyl sites for hydroxylation is 1. The fourth-order valence-corrected chi connectivity index (χ4v) is 1.89. The zero-order chi connectivity index (χ0) is 7.56. The lowest BCUT2D eigenvalue weighted by Crippen LogP contribution is -1.85. The molecule has 0 radical (unpaired) electrons. The average molecular weight is 223 g/mol. The number of hydrogen-bond donors (Lipinski definition) is 1. The van der Waals surface area contributed by atoms with Crippen molar-refractivity contribution in [2.24, 2.45) is 0 Å². The first kappa shape index (κ1) is 8.15. The molecule has 1 heterocycles. The van der Waals surface area contributed by atoms with Crippen LogP contribution in [0.1, 0.15) is 18.2 Å². The maximum atomic E-state index is 5.71. The van der Waals surface area contributed by atoms with Crippen molar-refractivity contribution in [3.8, 4) is 0 Å². The van der Waals surface area contributed by atoms with Gasteiger partial charge in [0.2, 0.25) is 0 Å². The molecule has 0 fully saturated rings. The van der Waals surface area contributed by atoms with E-state index in [2.05, 4.69) is 27.8 Å². The smallest absolute Gasteiger partial charge is 0.0503 e. The standard InChI is InChI=1S/C7H9BrClN/c1-2-7-5(3-9)6(8)4-10-7/h4,10H,2-3H2,1H3. The van der Waals surface area contributed by atoms with Crippen molar-refractivity contribution in [1.82, 2.24) is 4.98 Å². The van der Waals surface area contributed by atoms with E-state index in [1.165, 1.54) is 11.3 Å². The maximum absolute atomic E-state index is 5.71. The Morgan fingerprint density at radius 1 is 1.70 bits per heavy atom. The summed E-state index contributed by atoms with van der Waals surface area (Å²) in [6.45, 7) is 2.11. The van der Waals surface area contributed by atoms with Crippen LogP contribution in [0.4, 0.5) is 0 Å². The monoisotopic (exact) mass is 221 g/mol. The summed E-state index contributed by atoms with van der Waals surface area (Å²) >= 11 is 9.11. The van der Waals surface area contributed by atoms with E-state index >= 15 is 0 Å². The molecule has 0 aliphatic heterocycles. The average Bonchev–Trinajstić information content (AvgIpc) is 2.30. The van der Waals surface area contributed by atoms with E-state index in [9.17, 15) is 0 Å². The molecular formula is C7H9BrClN. The largest absolute Gasteiger partial charge is 0.364 e. The highest BCUT2D eigenvalue weighted by molar-refractivity contribution is 9.10. The lowest BCUT2D eigenvalue weighted by molar-refractivity contribution is 1.04. The number of H-pyrrole nitrogens is 1. The van der Waals surface area contributed by atoms with Crippen LogP contribution < -0.4 is 0 Å². The normalized spacial score (nSPS) is 10.3. The maximum Gasteiger partial charge on any atom is 0.0503 e. The van der Waals surface area contributed by atoms with Gasteiger partial charge in [0.25, 0.3) is 0 Å². The second-order valence-corrected chi connectivity index (χ2v) is 3.20. The predicted octanol–water partition coefficient (Wildman–Crippen LogP) is 3.08. The second-order valence-electron chi connectivity index (χ2n) is 2.08. The van der Waals surface area contributed by atoms with E-state index in [-0.39, 0.29) is 0 Å². The van der Waals surface area contributed by atoms with Crippen molar-refractivity contribution in [1.29, 1.82) is 0 Å².